The minimum absolute atomic E-state index is 0.0517. The summed E-state index contributed by atoms with van der Waals surface area (Å²) in [4.78, 5) is 12.3. The van der Waals surface area contributed by atoms with E-state index in [1.165, 1.54) is 19.3 Å². The molecule has 1 atom stereocenters. The minimum atomic E-state index is -0.230. The molecule has 2 aliphatic rings. The zero-order chi connectivity index (χ0) is 12.8. The monoisotopic (exact) mass is 253 g/mol. The summed E-state index contributed by atoms with van der Waals surface area (Å²) < 4.78 is 5.56. The van der Waals surface area contributed by atoms with Gasteiger partial charge in [0.05, 0.1) is 12.0 Å². The lowest BCUT2D eigenvalue weighted by Crippen LogP contribution is -2.46. The number of piperidine rings is 1. The fourth-order valence-electron chi connectivity index (χ4n) is 3.19. The maximum atomic E-state index is 12.3. The Bertz CT molecular complexity index is 262. The molecular weight excluding hydrogens is 226 g/mol. The van der Waals surface area contributed by atoms with Crippen LogP contribution in [0.3, 0.4) is 0 Å². The van der Waals surface area contributed by atoms with E-state index in [2.05, 4.69) is 12.2 Å². The molecule has 0 aromatic carbocycles. The number of ether oxygens (including phenoxy) is 1. The SMILES string of the molecule is CCCC1(C(=O)OCCC2CCC2)CCCNC1. The molecule has 104 valence electrons. The van der Waals surface area contributed by atoms with Gasteiger partial charge in [-0.25, -0.2) is 0 Å². The standard InChI is InChI=1S/C15H27NO2/c1-2-8-15(9-4-10-16-12-15)14(17)18-11-7-13-5-3-6-13/h13,16H,2-12H2,1H3. The zero-order valence-corrected chi connectivity index (χ0v) is 11.7. The van der Waals surface area contributed by atoms with E-state index in [0.717, 1.165) is 51.1 Å². The molecule has 3 heteroatoms. The molecule has 18 heavy (non-hydrogen) atoms. The molecule has 1 aliphatic carbocycles. The first-order valence-electron chi connectivity index (χ1n) is 7.65. The highest BCUT2D eigenvalue weighted by atomic mass is 16.5. The van der Waals surface area contributed by atoms with Crippen molar-refractivity contribution in [1.29, 1.82) is 0 Å². The first-order chi connectivity index (χ1) is 8.77. The van der Waals surface area contributed by atoms with Crippen molar-refractivity contribution >= 4 is 5.97 Å². The Hall–Kier alpha value is -0.570. The molecule has 0 amide bonds. The van der Waals surface area contributed by atoms with Gasteiger partial charge in [0.15, 0.2) is 0 Å². The summed E-state index contributed by atoms with van der Waals surface area (Å²) in [5.41, 5.74) is -0.230. The third-order valence-electron chi connectivity index (χ3n) is 4.62. The topological polar surface area (TPSA) is 38.3 Å². The first kappa shape index (κ1) is 13.9. The quantitative estimate of drug-likeness (QED) is 0.740. The van der Waals surface area contributed by atoms with E-state index in [0.29, 0.717) is 6.61 Å². The molecule has 1 unspecified atom stereocenters. The van der Waals surface area contributed by atoms with Gasteiger partial charge < -0.3 is 10.1 Å². The molecule has 1 heterocycles. The molecule has 0 spiro atoms. The molecule has 1 saturated heterocycles. The fourth-order valence-corrected chi connectivity index (χ4v) is 3.19. The molecule has 0 bridgehead atoms. The van der Waals surface area contributed by atoms with Gasteiger partial charge >= 0.3 is 5.97 Å². The number of carbonyl (C=O) groups excluding carboxylic acids is 1. The van der Waals surface area contributed by atoms with E-state index >= 15 is 0 Å². The lowest BCUT2D eigenvalue weighted by atomic mass is 9.77. The molecule has 3 nitrogen and oxygen atoms in total. The van der Waals surface area contributed by atoms with Crippen molar-refractivity contribution in [3.05, 3.63) is 0 Å². The van der Waals surface area contributed by atoms with Crippen LogP contribution in [0.2, 0.25) is 0 Å². The third kappa shape index (κ3) is 3.25. The van der Waals surface area contributed by atoms with Gasteiger partial charge in [-0.1, -0.05) is 32.6 Å². The lowest BCUT2D eigenvalue weighted by molar-refractivity contribution is -0.158. The Balaban J connectivity index is 1.78. The largest absolute Gasteiger partial charge is 0.465 e. The summed E-state index contributed by atoms with van der Waals surface area (Å²) in [5.74, 6) is 0.875. The second kappa shape index (κ2) is 6.55. The second-order valence-electron chi connectivity index (χ2n) is 6.03. The predicted molar refractivity (Wildman–Crippen MR) is 72.4 cm³/mol. The van der Waals surface area contributed by atoms with Crippen LogP contribution in [0.1, 0.15) is 58.3 Å². The predicted octanol–water partition coefficient (Wildman–Crippen LogP) is 2.89. The summed E-state index contributed by atoms with van der Waals surface area (Å²) in [6, 6.07) is 0. The van der Waals surface area contributed by atoms with Crippen molar-refractivity contribution < 1.29 is 9.53 Å². The second-order valence-corrected chi connectivity index (χ2v) is 6.03. The highest BCUT2D eigenvalue weighted by molar-refractivity contribution is 5.77. The Morgan fingerprint density at radius 2 is 2.22 bits per heavy atom. The van der Waals surface area contributed by atoms with Crippen LogP contribution < -0.4 is 5.32 Å². The van der Waals surface area contributed by atoms with Gasteiger partial charge in [0, 0.05) is 6.54 Å². The molecule has 2 fully saturated rings. The number of hydrogen-bond donors (Lipinski definition) is 1. The van der Waals surface area contributed by atoms with E-state index in [9.17, 15) is 4.79 Å². The van der Waals surface area contributed by atoms with Gasteiger partial charge in [0.2, 0.25) is 0 Å². The molecule has 1 N–H and O–H groups in total. The van der Waals surface area contributed by atoms with Crippen LogP contribution in [0, 0.1) is 11.3 Å². The van der Waals surface area contributed by atoms with Crippen LogP contribution >= 0.6 is 0 Å². The third-order valence-corrected chi connectivity index (χ3v) is 4.62. The maximum Gasteiger partial charge on any atom is 0.313 e. The number of rotatable bonds is 6. The molecule has 0 aromatic rings. The number of carbonyl (C=O) groups is 1. The Morgan fingerprint density at radius 3 is 2.78 bits per heavy atom. The van der Waals surface area contributed by atoms with Gasteiger partial charge in [0.1, 0.15) is 0 Å². The van der Waals surface area contributed by atoms with Gasteiger partial charge in [-0.3, -0.25) is 4.79 Å². The normalized spacial score (nSPS) is 28.7. The van der Waals surface area contributed by atoms with Gasteiger partial charge in [-0.05, 0) is 38.1 Å². The fraction of sp³-hybridized carbons (Fsp3) is 0.933. The highest BCUT2D eigenvalue weighted by Crippen LogP contribution is 2.34. The molecule has 2 rings (SSSR count). The summed E-state index contributed by atoms with van der Waals surface area (Å²) in [7, 11) is 0. The van der Waals surface area contributed by atoms with E-state index in [-0.39, 0.29) is 11.4 Å². The van der Waals surface area contributed by atoms with Gasteiger partial charge in [0.25, 0.3) is 0 Å². The molecule has 1 aliphatic heterocycles. The van der Waals surface area contributed by atoms with Crippen molar-refractivity contribution in [3.8, 4) is 0 Å². The number of esters is 1. The smallest absolute Gasteiger partial charge is 0.313 e. The van der Waals surface area contributed by atoms with Crippen LogP contribution in [-0.4, -0.2) is 25.7 Å². The zero-order valence-electron chi connectivity index (χ0n) is 11.7. The van der Waals surface area contributed by atoms with Crippen molar-refractivity contribution in [3.63, 3.8) is 0 Å². The van der Waals surface area contributed by atoms with E-state index < -0.39 is 0 Å². The lowest BCUT2D eigenvalue weighted by Gasteiger charge is -2.35. The molecule has 0 aromatic heterocycles. The maximum absolute atomic E-state index is 12.3. The summed E-state index contributed by atoms with van der Waals surface area (Å²) in [5, 5.41) is 3.36. The summed E-state index contributed by atoms with van der Waals surface area (Å²) >= 11 is 0. The molecular formula is C15H27NO2. The van der Waals surface area contributed by atoms with Gasteiger partial charge in [-0.2, -0.15) is 0 Å². The summed E-state index contributed by atoms with van der Waals surface area (Å²) in [6.07, 6.45) is 9.21. The van der Waals surface area contributed by atoms with Crippen molar-refractivity contribution in [2.75, 3.05) is 19.7 Å². The average molecular weight is 253 g/mol. The average Bonchev–Trinajstić information content (AvgIpc) is 2.33. The highest BCUT2D eigenvalue weighted by Gasteiger charge is 2.40. The van der Waals surface area contributed by atoms with Crippen molar-refractivity contribution in [2.24, 2.45) is 11.3 Å². The Labute approximate surface area is 111 Å². The summed E-state index contributed by atoms with van der Waals surface area (Å²) in [6.45, 7) is 4.64. The molecule has 0 radical (unpaired) electrons. The first-order valence-corrected chi connectivity index (χ1v) is 7.65. The van der Waals surface area contributed by atoms with Crippen LogP contribution in [0.5, 0.6) is 0 Å². The number of nitrogens with one attached hydrogen (secondary N) is 1. The molecule has 1 saturated carbocycles. The Kier molecular flexibility index (Phi) is 5.04. The number of hydrogen-bond acceptors (Lipinski definition) is 3. The van der Waals surface area contributed by atoms with Crippen molar-refractivity contribution in [1.82, 2.24) is 5.32 Å². The van der Waals surface area contributed by atoms with Crippen LogP contribution in [0.25, 0.3) is 0 Å². The van der Waals surface area contributed by atoms with Gasteiger partial charge in [-0.15, -0.1) is 0 Å². The Morgan fingerprint density at radius 1 is 1.39 bits per heavy atom. The van der Waals surface area contributed by atoms with Crippen LogP contribution in [0.4, 0.5) is 0 Å². The van der Waals surface area contributed by atoms with E-state index in [1.807, 2.05) is 0 Å². The minimum Gasteiger partial charge on any atom is -0.465 e. The van der Waals surface area contributed by atoms with E-state index in [1.54, 1.807) is 0 Å². The van der Waals surface area contributed by atoms with Crippen LogP contribution in [0.15, 0.2) is 0 Å². The van der Waals surface area contributed by atoms with E-state index in [4.69, 9.17) is 4.74 Å². The van der Waals surface area contributed by atoms with Crippen molar-refractivity contribution in [2.45, 2.75) is 58.3 Å². The van der Waals surface area contributed by atoms with Crippen LogP contribution in [-0.2, 0) is 9.53 Å².